The summed E-state index contributed by atoms with van der Waals surface area (Å²) in [5, 5.41) is 8.90. The van der Waals surface area contributed by atoms with E-state index in [9.17, 15) is 4.79 Å². The highest BCUT2D eigenvalue weighted by molar-refractivity contribution is 5.73. The Bertz CT molecular complexity index is 330. The van der Waals surface area contributed by atoms with Gasteiger partial charge in [0.15, 0.2) is 0 Å². The fourth-order valence-corrected chi connectivity index (χ4v) is 1.20. The average Bonchev–Trinajstić information content (AvgIpc) is 2.26. The van der Waals surface area contributed by atoms with Crippen molar-refractivity contribution in [3.05, 3.63) is 35.9 Å². The quantitative estimate of drug-likeness (QED) is 0.753. The van der Waals surface area contributed by atoms with Gasteiger partial charge in [-0.15, -0.1) is 0 Å². The maximum absolute atomic E-state index is 10.8. The number of hydrogen-bond donors (Lipinski definition) is 1. The Morgan fingerprint density at radius 3 is 2.50 bits per heavy atom. The van der Waals surface area contributed by atoms with Crippen molar-refractivity contribution in [2.75, 3.05) is 6.61 Å². The van der Waals surface area contributed by atoms with Crippen molar-refractivity contribution in [3.8, 4) is 0 Å². The van der Waals surface area contributed by atoms with Crippen LogP contribution in [0.2, 0.25) is 0 Å². The van der Waals surface area contributed by atoms with Crippen molar-refractivity contribution in [2.24, 2.45) is 5.41 Å². The molecule has 0 heterocycles. The molecule has 0 aliphatic rings. The molecule has 0 aromatic heterocycles. The molecule has 0 aliphatic carbocycles. The van der Waals surface area contributed by atoms with Gasteiger partial charge in [0.25, 0.3) is 0 Å². The van der Waals surface area contributed by atoms with E-state index >= 15 is 0 Å². The standard InChI is InChI=1S/C13H18O3/c1-13(2,12(14)15)8-9-16-10-11-6-4-3-5-7-11/h3-7H,8-10H2,1-2H3,(H,14,15). The molecule has 3 nitrogen and oxygen atoms in total. The molecule has 1 rings (SSSR count). The van der Waals surface area contributed by atoms with Gasteiger partial charge in [-0.05, 0) is 25.8 Å². The van der Waals surface area contributed by atoms with Gasteiger partial charge < -0.3 is 9.84 Å². The maximum Gasteiger partial charge on any atom is 0.309 e. The minimum absolute atomic E-state index is 0.466. The largest absolute Gasteiger partial charge is 0.481 e. The van der Waals surface area contributed by atoms with Crippen molar-refractivity contribution in [3.63, 3.8) is 0 Å². The summed E-state index contributed by atoms with van der Waals surface area (Å²) in [5.41, 5.74) is 0.395. The third-order valence-corrected chi connectivity index (χ3v) is 2.56. The molecular weight excluding hydrogens is 204 g/mol. The van der Waals surface area contributed by atoms with E-state index in [0.29, 0.717) is 19.6 Å². The third-order valence-electron chi connectivity index (χ3n) is 2.56. The van der Waals surface area contributed by atoms with Crippen molar-refractivity contribution in [2.45, 2.75) is 26.9 Å². The van der Waals surface area contributed by atoms with E-state index in [0.717, 1.165) is 5.56 Å². The van der Waals surface area contributed by atoms with Gasteiger partial charge in [-0.25, -0.2) is 0 Å². The molecule has 0 atom stereocenters. The Morgan fingerprint density at radius 2 is 1.94 bits per heavy atom. The SMILES string of the molecule is CC(C)(CCOCc1ccccc1)C(=O)O. The molecule has 0 aliphatic heterocycles. The van der Waals surface area contributed by atoms with E-state index in [1.165, 1.54) is 0 Å². The van der Waals surface area contributed by atoms with Crippen LogP contribution < -0.4 is 0 Å². The highest BCUT2D eigenvalue weighted by atomic mass is 16.5. The Labute approximate surface area is 96.1 Å². The zero-order chi connectivity index (χ0) is 12.0. The first kappa shape index (κ1) is 12.7. The number of aliphatic carboxylic acids is 1. The van der Waals surface area contributed by atoms with Crippen LogP contribution in [-0.2, 0) is 16.1 Å². The van der Waals surface area contributed by atoms with Crippen LogP contribution in [0, 0.1) is 5.41 Å². The molecular formula is C13H18O3. The van der Waals surface area contributed by atoms with Crippen molar-refractivity contribution < 1.29 is 14.6 Å². The van der Waals surface area contributed by atoms with E-state index in [4.69, 9.17) is 9.84 Å². The number of hydrogen-bond acceptors (Lipinski definition) is 2. The first-order valence-corrected chi connectivity index (χ1v) is 5.37. The molecule has 1 aromatic carbocycles. The number of rotatable bonds is 6. The van der Waals surface area contributed by atoms with Gasteiger partial charge in [-0.1, -0.05) is 30.3 Å². The zero-order valence-electron chi connectivity index (χ0n) is 9.77. The van der Waals surface area contributed by atoms with Crippen LogP contribution in [0.3, 0.4) is 0 Å². The van der Waals surface area contributed by atoms with E-state index in [2.05, 4.69) is 0 Å². The van der Waals surface area contributed by atoms with Crippen LogP contribution in [-0.4, -0.2) is 17.7 Å². The first-order chi connectivity index (χ1) is 7.52. The van der Waals surface area contributed by atoms with Crippen molar-refractivity contribution in [1.82, 2.24) is 0 Å². The molecule has 0 spiro atoms. The Morgan fingerprint density at radius 1 is 1.31 bits per heavy atom. The van der Waals surface area contributed by atoms with Gasteiger partial charge in [-0.3, -0.25) is 4.79 Å². The number of ether oxygens (including phenoxy) is 1. The van der Waals surface area contributed by atoms with Gasteiger partial charge >= 0.3 is 5.97 Å². The van der Waals surface area contributed by atoms with Gasteiger partial charge in [0.2, 0.25) is 0 Å². The summed E-state index contributed by atoms with van der Waals surface area (Å²) in [7, 11) is 0. The predicted octanol–water partition coefficient (Wildman–Crippen LogP) is 2.70. The number of benzene rings is 1. The summed E-state index contributed by atoms with van der Waals surface area (Å²) >= 11 is 0. The van der Waals surface area contributed by atoms with E-state index in [1.807, 2.05) is 30.3 Å². The molecule has 0 saturated carbocycles. The summed E-state index contributed by atoms with van der Waals surface area (Å²) in [6, 6.07) is 9.85. The molecule has 1 aromatic rings. The summed E-state index contributed by atoms with van der Waals surface area (Å²) in [6.07, 6.45) is 0.523. The van der Waals surface area contributed by atoms with Crippen molar-refractivity contribution in [1.29, 1.82) is 0 Å². The maximum atomic E-state index is 10.8. The predicted molar refractivity (Wildman–Crippen MR) is 62.1 cm³/mol. The lowest BCUT2D eigenvalue weighted by Gasteiger charge is -2.18. The monoisotopic (exact) mass is 222 g/mol. The minimum Gasteiger partial charge on any atom is -0.481 e. The van der Waals surface area contributed by atoms with Gasteiger partial charge in [0.05, 0.1) is 12.0 Å². The molecule has 1 N–H and O–H groups in total. The molecule has 0 fully saturated rings. The normalized spacial score (nSPS) is 11.4. The second-order valence-electron chi connectivity index (χ2n) is 4.48. The third kappa shape index (κ3) is 4.03. The van der Waals surface area contributed by atoms with Crippen molar-refractivity contribution >= 4 is 5.97 Å². The van der Waals surface area contributed by atoms with Gasteiger partial charge in [0, 0.05) is 6.61 Å². The van der Waals surface area contributed by atoms with Crippen LogP contribution in [0.15, 0.2) is 30.3 Å². The van der Waals surface area contributed by atoms with E-state index in [1.54, 1.807) is 13.8 Å². The molecule has 3 heteroatoms. The number of carboxylic acids is 1. The Kier molecular flexibility index (Phi) is 4.50. The number of carbonyl (C=O) groups is 1. The molecule has 0 radical (unpaired) electrons. The zero-order valence-corrected chi connectivity index (χ0v) is 9.77. The average molecular weight is 222 g/mol. The second-order valence-corrected chi connectivity index (χ2v) is 4.48. The van der Waals surface area contributed by atoms with Crippen LogP contribution >= 0.6 is 0 Å². The minimum atomic E-state index is -0.782. The Hall–Kier alpha value is -1.35. The lowest BCUT2D eigenvalue weighted by atomic mass is 9.90. The van der Waals surface area contributed by atoms with Crippen LogP contribution in [0.1, 0.15) is 25.8 Å². The topological polar surface area (TPSA) is 46.5 Å². The van der Waals surface area contributed by atoms with Crippen LogP contribution in [0.5, 0.6) is 0 Å². The summed E-state index contributed by atoms with van der Waals surface area (Å²) < 4.78 is 5.44. The number of carboxylic acid groups (broad SMARTS) is 1. The lowest BCUT2D eigenvalue weighted by Crippen LogP contribution is -2.25. The summed E-state index contributed by atoms with van der Waals surface area (Å²) in [4.78, 5) is 10.8. The molecule has 0 amide bonds. The smallest absolute Gasteiger partial charge is 0.309 e. The molecule has 0 saturated heterocycles. The molecule has 16 heavy (non-hydrogen) atoms. The van der Waals surface area contributed by atoms with Gasteiger partial charge in [-0.2, -0.15) is 0 Å². The molecule has 0 bridgehead atoms. The van der Waals surface area contributed by atoms with E-state index < -0.39 is 11.4 Å². The second kappa shape index (κ2) is 5.66. The highest BCUT2D eigenvalue weighted by Crippen LogP contribution is 2.20. The fourth-order valence-electron chi connectivity index (χ4n) is 1.20. The molecule has 0 unspecified atom stereocenters. The van der Waals surface area contributed by atoms with Crippen LogP contribution in [0.25, 0.3) is 0 Å². The lowest BCUT2D eigenvalue weighted by molar-refractivity contribution is -0.148. The fraction of sp³-hybridized carbons (Fsp3) is 0.462. The summed E-state index contributed by atoms with van der Waals surface area (Å²) in [5.74, 6) is -0.782. The highest BCUT2D eigenvalue weighted by Gasteiger charge is 2.26. The Balaban J connectivity index is 2.25. The summed E-state index contributed by atoms with van der Waals surface area (Å²) in [6.45, 7) is 4.42. The van der Waals surface area contributed by atoms with E-state index in [-0.39, 0.29) is 0 Å². The molecule has 88 valence electrons. The van der Waals surface area contributed by atoms with Gasteiger partial charge in [0.1, 0.15) is 0 Å². The first-order valence-electron chi connectivity index (χ1n) is 5.37. The van der Waals surface area contributed by atoms with Crippen LogP contribution in [0.4, 0.5) is 0 Å².